The van der Waals surface area contributed by atoms with Crippen LogP contribution in [0.2, 0.25) is 0 Å². The number of nitrogens with one attached hydrogen (secondary N) is 2. The van der Waals surface area contributed by atoms with E-state index < -0.39 is 56.7 Å². The monoisotopic (exact) mass is 692 g/mol. The molecule has 0 bridgehead atoms. The third-order valence-electron chi connectivity index (χ3n) is 7.31. The summed E-state index contributed by atoms with van der Waals surface area (Å²) in [5.74, 6) is -2.88. The van der Waals surface area contributed by atoms with E-state index in [9.17, 15) is 38.0 Å². The highest BCUT2D eigenvalue weighted by Crippen LogP contribution is 2.20. The van der Waals surface area contributed by atoms with Gasteiger partial charge in [0, 0.05) is 31.7 Å². The number of esters is 1. The molecule has 0 aliphatic carbocycles. The number of hydrogen-bond acceptors (Lipinski definition) is 9. The zero-order valence-electron chi connectivity index (χ0n) is 26.2. The summed E-state index contributed by atoms with van der Waals surface area (Å²) < 4.78 is 50.8. The van der Waals surface area contributed by atoms with Gasteiger partial charge in [0.2, 0.25) is 6.20 Å². The lowest BCUT2D eigenvalue weighted by atomic mass is 10.0. The number of carbonyl (C=O) groups is 2. The number of aryl methyl sites for hydroxylation is 1. The maximum absolute atomic E-state index is 15.1. The van der Waals surface area contributed by atoms with Crippen LogP contribution in [0.15, 0.2) is 99.9 Å². The summed E-state index contributed by atoms with van der Waals surface area (Å²) in [7, 11) is -2.75. The zero-order chi connectivity index (χ0) is 35.6. The van der Waals surface area contributed by atoms with Gasteiger partial charge in [0.05, 0.1) is 33.3 Å². The molecule has 15 nitrogen and oxygen atoms in total. The Kier molecular flexibility index (Phi) is 9.47. The molecular formula is C32H29FN6O9S. The Hall–Kier alpha value is -6.10. The Morgan fingerprint density at radius 3 is 2.24 bits per heavy atom. The van der Waals surface area contributed by atoms with Crippen molar-refractivity contribution >= 4 is 38.5 Å². The van der Waals surface area contributed by atoms with Crippen molar-refractivity contribution in [2.45, 2.75) is 37.3 Å². The quantitative estimate of drug-likeness (QED) is 0.123. The van der Waals surface area contributed by atoms with Crippen LogP contribution in [0.25, 0.3) is 16.6 Å². The third kappa shape index (κ3) is 7.41. The van der Waals surface area contributed by atoms with Gasteiger partial charge in [-0.2, -0.15) is 9.46 Å². The average molecular weight is 693 g/mol. The molecular weight excluding hydrogens is 663 g/mol. The van der Waals surface area contributed by atoms with Gasteiger partial charge in [0.25, 0.3) is 21.5 Å². The summed E-state index contributed by atoms with van der Waals surface area (Å²) in [6.45, 7) is 3.22. The van der Waals surface area contributed by atoms with Crippen LogP contribution < -0.4 is 30.7 Å². The number of amides is 1. The Morgan fingerprint density at radius 2 is 1.61 bits per heavy atom. The Bertz CT molecular complexity index is 2310. The van der Waals surface area contributed by atoms with Crippen molar-refractivity contribution in [1.82, 2.24) is 14.5 Å². The largest absolute Gasteiger partial charge is 0.619 e. The van der Waals surface area contributed by atoms with Crippen molar-refractivity contribution in [1.29, 1.82) is 0 Å². The second kappa shape index (κ2) is 13.6. The molecule has 0 radical (unpaired) electrons. The summed E-state index contributed by atoms with van der Waals surface area (Å²) in [4.78, 5) is 52.1. The average Bonchev–Trinajstić information content (AvgIpc) is 3.04. The van der Waals surface area contributed by atoms with Crippen LogP contribution in [0.4, 0.5) is 10.1 Å². The smallest absolute Gasteiger partial charge is 0.336 e. The first-order chi connectivity index (χ1) is 23.1. The number of aromatic nitrogens is 4. The maximum atomic E-state index is 15.1. The van der Waals surface area contributed by atoms with E-state index in [1.54, 1.807) is 13.8 Å². The third-order valence-corrected chi connectivity index (χ3v) is 8.71. The lowest BCUT2D eigenvalue weighted by Crippen LogP contribution is -2.44. The van der Waals surface area contributed by atoms with Crippen molar-refractivity contribution in [3.8, 4) is 5.69 Å². The summed E-state index contributed by atoms with van der Waals surface area (Å²) in [6, 6.07) is 11.1. The van der Waals surface area contributed by atoms with Crippen molar-refractivity contribution in [2.24, 2.45) is 7.05 Å². The van der Waals surface area contributed by atoms with Crippen molar-refractivity contribution < 1.29 is 36.6 Å². The summed E-state index contributed by atoms with van der Waals surface area (Å²) >= 11 is 0. The first-order valence-corrected chi connectivity index (χ1v) is 16.1. The predicted molar refractivity (Wildman–Crippen MR) is 173 cm³/mol. The molecule has 3 aromatic heterocycles. The number of rotatable bonds is 10. The molecule has 0 saturated heterocycles. The predicted octanol–water partition coefficient (Wildman–Crippen LogP) is 1.19. The molecule has 2 aromatic carbocycles. The van der Waals surface area contributed by atoms with Crippen LogP contribution in [-0.2, 0) is 33.0 Å². The standard InChI is InChI=1S/C32H29FN6O9S/c1-19(2)48-31(42)27(34-29(40)24-9-6-21(17-26(24)33)35-49(46,47)23-10-13-37(44)14-11-23)16-20-4-7-22(8-5-20)39-30(41)25-12-15-38(45)18-28(25)36(3)32(39)43/h4-15,17-19,27,35H,16H2,1-3H3,(H,34,40)/t27-/m0/s1. The lowest BCUT2D eigenvalue weighted by molar-refractivity contribution is -0.605. The van der Waals surface area contributed by atoms with Gasteiger partial charge < -0.3 is 20.5 Å². The highest BCUT2D eigenvalue weighted by Gasteiger charge is 2.26. The molecule has 254 valence electrons. The van der Waals surface area contributed by atoms with Crippen LogP contribution in [0, 0.1) is 16.2 Å². The van der Waals surface area contributed by atoms with E-state index in [2.05, 4.69) is 10.0 Å². The number of halogens is 1. The molecule has 0 spiro atoms. The van der Waals surface area contributed by atoms with E-state index in [1.807, 2.05) is 0 Å². The van der Waals surface area contributed by atoms with Crippen molar-refractivity contribution in [3.05, 3.63) is 134 Å². The molecule has 0 aliphatic heterocycles. The van der Waals surface area contributed by atoms with Gasteiger partial charge in [-0.15, -0.1) is 0 Å². The number of nitrogens with zero attached hydrogens (tertiary/aromatic N) is 4. The summed E-state index contributed by atoms with van der Waals surface area (Å²) in [6.07, 6.45) is 3.56. The lowest BCUT2D eigenvalue weighted by Gasteiger charge is -2.20. The molecule has 0 fully saturated rings. The SMILES string of the molecule is CC(C)OC(=O)[C@H](Cc1ccc(-n2c(=O)c3cc[n+]([O-])cc3n(C)c2=O)cc1)NC(=O)c1ccc(NS(=O)(=O)c2cc[n+]([O-])cc2)cc1F. The Labute approximate surface area is 277 Å². The number of anilines is 1. The number of pyridine rings is 2. The maximum Gasteiger partial charge on any atom is 0.336 e. The van der Waals surface area contributed by atoms with Gasteiger partial charge in [-0.05, 0) is 49.7 Å². The number of ether oxygens (including phenoxy) is 1. The normalized spacial score (nSPS) is 12.1. The fourth-order valence-electron chi connectivity index (χ4n) is 4.92. The number of carbonyl (C=O) groups excluding carboxylic acids is 2. The fraction of sp³-hybridized carbons (Fsp3) is 0.188. The molecule has 3 heterocycles. The zero-order valence-corrected chi connectivity index (χ0v) is 27.0. The van der Waals surface area contributed by atoms with Gasteiger partial charge in [0.15, 0.2) is 18.6 Å². The fourth-order valence-corrected chi connectivity index (χ4v) is 5.95. The van der Waals surface area contributed by atoms with E-state index in [4.69, 9.17) is 4.74 Å². The van der Waals surface area contributed by atoms with E-state index in [1.165, 1.54) is 41.9 Å². The van der Waals surface area contributed by atoms with Crippen LogP contribution in [0.1, 0.15) is 29.8 Å². The number of benzene rings is 2. The molecule has 0 aliphatic rings. The van der Waals surface area contributed by atoms with Crippen LogP contribution >= 0.6 is 0 Å². The van der Waals surface area contributed by atoms with Gasteiger partial charge >= 0.3 is 11.7 Å². The molecule has 1 atom stereocenters. The molecule has 1 amide bonds. The molecule has 2 N–H and O–H groups in total. The minimum absolute atomic E-state index is 0.119. The number of hydrogen-bond donors (Lipinski definition) is 2. The van der Waals surface area contributed by atoms with Gasteiger partial charge in [-0.3, -0.25) is 18.9 Å². The van der Waals surface area contributed by atoms with Crippen LogP contribution in [0.3, 0.4) is 0 Å². The minimum atomic E-state index is -4.18. The molecule has 17 heteroatoms. The molecule has 5 aromatic rings. The van der Waals surface area contributed by atoms with Crippen LogP contribution in [-0.4, -0.2) is 41.6 Å². The summed E-state index contributed by atoms with van der Waals surface area (Å²) in [5, 5.41) is 25.5. The van der Waals surface area contributed by atoms with Crippen LogP contribution in [0.5, 0.6) is 0 Å². The first kappa shape index (κ1) is 34.2. The minimum Gasteiger partial charge on any atom is -0.619 e. The molecule has 5 rings (SSSR count). The molecule has 0 unspecified atom stereocenters. The highest BCUT2D eigenvalue weighted by atomic mass is 32.2. The highest BCUT2D eigenvalue weighted by molar-refractivity contribution is 7.92. The Morgan fingerprint density at radius 1 is 0.959 bits per heavy atom. The molecule has 49 heavy (non-hydrogen) atoms. The number of fused-ring (bicyclic) bond motifs is 1. The van der Waals surface area contributed by atoms with E-state index >= 15 is 4.39 Å². The van der Waals surface area contributed by atoms with E-state index in [-0.39, 0.29) is 33.6 Å². The topological polar surface area (TPSA) is 199 Å². The number of sulfonamides is 1. The van der Waals surface area contributed by atoms with Gasteiger partial charge in [-0.25, -0.2) is 27.0 Å². The second-order valence-corrected chi connectivity index (χ2v) is 12.8. The second-order valence-electron chi connectivity index (χ2n) is 11.2. The summed E-state index contributed by atoms with van der Waals surface area (Å²) in [5.41, 5.74) is -1.17. The van der Waals surface area contributed by atoms with E-state index in [0.717, 1.165) is 59.7 Å². The van der Waals surface area contributed by atoms with Crippen molar-refractivity contribution in [3.63, 3.8) is 0 Å². The Balaban J connectivity index is 1.36. The van der Waals surface area contributed by atoms with Gasteiger partial charge in [0.1, 0.15) is 17.4 Å². The van der Waals surface area contributed by atoms with E-state index in [0.29, 0.717) is 15.0 Å². The molecule has 0 saturated carbocycles. The first-order valence-electron chi connectivity index (χ1n) is 14.6. The van der Waals surface area contributed by atoms with Gasteiger partial charge in [-0.1, -0.05) is 12.1 Å². The van der Waals surface area contributed by atoms with Crippen molar-refractivity contribution in [2.75, 3.05) is 4.72 Å².